The van der Waals surface area contributed by atoms with Crippen molar-refractivity contribution in [2.24, 2.45) is 5.92 Å². The smallest absolute Gasteiger partial charge is 0.369 e. The molecule has 1 N–H and O–H groups in total. The summed E-state index contributed by atoms with van der Waals surface area (Å²) in [5.41, 5.74) is -1.91. The van der Waals surface area contributed by atoms with Crippen molar-refractivity contribution in [3.8, 4) is 0 Å². The van der Waals surface area contributed by atoms with Crippen LogP contribution in [0.25, 0.3) is 0 Å². The minimum absolute atomic E-state index is 0.0731. The highest BCUT2D eigenvalue weighted by molar-refractivity contribution is 4.94. The number of rotatable bonds is 3. The van der Waals surface area contributed by atoms with E-state index in [-0.39, 0.29) is 18.9 Å². The van der Waals surface area contributed by atoms with Crippen LogP contribution in [0.15, 0.2) is 0 Å². The van der Waals surface area contributed by atoms with Gasteiger partial charge in [0.2, 0.25) is 0 Å². The first-order valence-electron chi connectivity index (χ1n) is 5.65. The van der Waals surface area contributed by atoms with Gasteiger partial charge >= 0.3 is 6.18 Å². The summed E-state index contributed by atoms with van der Waals surface area (Å²) < 4.78 is 43.4. The monoisotopic (exact) mass is 239 g/mol. The average Bonchev–Trinajstić information content (AvgIpc) is 2.26. The molecule has 1 saturated carbocycles. The Morgan fingerprint density at radius 2 is 1.81 bits per heavy atom. The largest absolute Gasteiger partial charge is 0.417 e. The molecule has 0 aromatic rings. The maximum Gasteiger partial charge on any atom is 0.417 e. The van der Waals surface area contributed by atoms with Gasteiger partial charge in [-0.15, -0.1) is 0 Å². The number of alkyl halides is 3. The molecule has 0 radical (unpaired) electrons. The van der Waals surface area contributed by atoms with Crippen molar-refractivity contribution in [3.05, 3.63) is 0 Å². The lowest BCUT2D eigenvalue weighted by Gasteiger charge is -2.41. The molecule has 1 fully saturated rings. The third kappa shape index (κ3) is 2.51. The molecule has 1 unspecified atom stereocenters. The van der Waals surface area contributed by atoms with Gasteiger partial charge in [-0.1, -0.05) is 0 Å². The zero-order valence-electron chi connectivity index (χ0n) is 10.0. The number of nitrogens with one attached hydrogen (secondary N) is 1. The summed E-state index contributed by atoms with van der Waals surface area (Å²) in [5.74, 6) is 0.315. The second-order valence-electron chi connectivity index (χ2n) is 4.61. The zero-order valence-corrected chi connectivity index (χ0v) is 10.0. The van der Waals surface area contributed by atoms with Crippen LogP contribution in [0.3, 0.4) is 0 Å². The molecule has 1 rings (SSSR count). The first-order valence-corrected chi connectivity index (χ1v) is 5.65. The zero-order chi connectivity index (χ0) is 12.4. The SMILES string of the molecule is CNC(C)C1CCC(OC)(C(F)(F)F)CC1. The summed E-state index contributed by atoms with van der Waals surface area (Å²) in [5, 5.41) is 3.10. The Morgan fingerprint density at radius 1 is 1.31 bits per heavy atom. The van der Waals surface area contributed by atoms with Crippen LogP contribution < -0.4 is 5.32 Å². The number of hydrogen-bond acceptors (Lipinski definition) is 2. The minimum Gasteiger partial charge on any atom is -0.369 e. The van der Waals surface area contributed by atoms with Gasteiger partial charge in [-0.25, -0.2) is 0 Å². The van der Waals surface area contributed by atoms with E-state index in [2.05, 4.69) is 5.32 Å². The van der Waals surface area contributed by atoms with Crippen LogP contribution in [-0.2, 0) is 4.74 Å². The van der Waals surface area contributed by atoms with Crippen LogP contribution in [0, 0.1) is 5.92 Å². The van der Waals surface area contributed by atoms with Crippen LogP contribution in [0.4, 0.5) is 13.2 Å². The fourth-order valence-corrected chi connectivity index (χ4v) is 2.45. The molecule has 0 aliphatic heterocycles. The standard InChI is InChI=1S/C11H20F3NO/c1-8(15-2)9-4-6-10(16-3,7-5-9)11(12,13)14/h8-9,15H,4-7H2,1-3H3. The molecule has 1 aliphatic carbocycles. The van der Waals surface area contributed by atoms with Gasteiger partial charge in [0.25, 0.3) is 0 Å². The van der Waals surface area contributed by atoms with Crippen molar-refractivity contribution in [1.82, 2.24) is 5.32 Å². The van der Waals surface area contributed by atoms with E-state index in [4.69, 9.17) is 4.74 Å². The predicted molar refractivity (Wildman–Crippen MR) is 56.3 cm³/mol. The van der Waals surface area contributed by atoms with Gasteiger partial charge in [0, 0.05) is 13.2 Å². The normalized spacial score (nSPS) is 33.8. The Kier molecular flexibility index (Phi) is 4.23. The summed E-state index contributed by atoms with van der Waals surface area (Å²) in [6.07, 6.45) is -2.98. The molecule has 0 aromatic heterocycles. The minimum atomic E-state index is -4.25. The molecule has 0 heterocycles. The molecule has 16 heavy (non-hydrogen) atoms. The lowest BCUT2D eigenvalue weighted by Crippen LogP contribution is -2.51. The van der Waals surface area contributed by atoms with Gasteiger partial charge in [0.1, 0.15) is 0 Å². The maximum atomic E-state index is 12.9. The van der Waals surface area contributed by atoms with Crippen molar-refractivity contribution in [2.45, 2.75) is 50.4 Å². The number of hydrogen-bond donors (Lipinski definition) is 1. The number of ether oxygens (including phenoxy) is 1. The lowest BCUT2D eigenvalue weighted by molar-refractivity contribution is -0.282. The van der Waals surface area contributed by atoms with Gasteiger partial charge in [0.05, 0.1) is 0 Å². The highest BCUT2D eigenvalue weighted by Gasteiger charge is 2.56. The number of halogens is 3. The Morgan fingerprint density at radius 3 is 2.12 bits per heavy atom. The first kappa shape index (κ1) is 13.8. The number of methoxy groups -OCH3 is 1. The topological polar surface area (TPSA) is 21.3 Å². The van der Waals surface area contributed by atoms with E-state index in [9.17, 15) is 13.2 Å². The van der Waals surface area contributed by atoms with Gasteiger partial charge < -0.3 is 10.1 Å². The Labute approximate surface area is 94.5 Å². The third-order valence-corrected chi connectivity index (χ3v) is 3.91. The van der Waals surface area contributed by atoms with E-state index in [1.807, 2.05) is 14.0 Å². The fourth-order valence-electron chi connectivity index (χ4n) is 2.45. The summed E-state index contributed by atoms with van der Waals surface area (Å²) in [6, 6.07) is 0.267. The van der Waals surface area contributed by atoms with Crippen molar-refractivity contribution in [2.75, 3.05) is 14.2 Å². The highest BCUT2D eigenvalue weighted by atomic mass is 19.4. The molecule has 5 heteroatoms. The highest BCUT2D eigenvalue weighted by Crippen LogP contribution is 2.45. The van der Waals surface area contributed by atoms with Crippen molar-refractivity contribution in [3.63, 3.8) is 0 Å². The van der Waals surface area contributed by atoms with E-state index in [0.29, 0.717) is 18.8 Å². The van der Waals surface area contributed by atoms with Crippen LogP contribution >= 0.6 is 0 Å². The van der Waals surface area contributed by atoms with E-state index in [1.54, 1.807) is 0 Å². The van der Waals surface area contributed by atoms with E-state index < -0.39 is 11.8 Å². The lowest BCUT2D eigenvalue weighted by atomic mass is 9.75. The molecule has 2 nitrogen and oxygen atoms in total. The second kappa shape index (κ2) is 4.92. The van der Waals surface area contributed by atoms with E-state index in [0.717, 1.165) is 7.11 Å². The van der Waals surface area contributed by atoms with Crippen LogP contribution in [0.5, 0.6) is 0 Å². The van der Waals surface area contributed by atoms with Crippen LogP contribution in [0.2, 0.25) is 0 Å². The van der Waals surface area contributed by atoms with Crippen molar-refractivity contribution in [1.29, 1.82) is 0 Å². The third-order valence-electron chi connectivity index (χ3n) is 3.91. The molecule has 1 aliphatic rings. The predicted octanol–water partition coefficient (Wildman–Crippen LogP) is 2.73. The van der Waals surface area contributed by atoms with E-state index >= 15 is 0 Å². The quantitative estimate of drug-likeness (QED) is 0.817. The van der Waals surface area contributed by atoms with E-state index in [1.165, 1.54) is 0 Å². The summed E-state index contributed by atoms with van der Waals surface area (Å²) in [6.45, 7) is 2.01. The van der Waals surface area contributed by atoms with Gasteiger partial charge in [0.15, 0.2) is 5.60 Å². The Hall–Kier alpha value is -0.290. The molecule has 0 saturated heterocycles. The first-order chi connectivity index (χ1) is 7.36. The Bertz CT molecular complexity index is 222. The Balaban J connectivity index is 2.64. The van der Waals surface area contributed by atoms with Crippen LogP contribution in [-0.4, -0.2) is 32.0 Å². The molecule has 0 spiro atoms. The van der Waals surface area contributed by atoms with Crippen molar-refractivity contribution < 1.29 is 17.9 Å². The van der Waals surface area contributed by atoms with Crippen LogP contribution in [0.1, 0.15) is 32.6 Å². The van der Waals surface area contributed by atoms with Crippen molar-refractivity contribution >= 4 is 0 Å². The van der Waals surface area contributed by atoms with Gasteiger partial charge in [-0.3, -0.25) is 0 Å². The molecule has 96 valence electrons. The summed E-state index contributed by atoms with van der Waals surface area (Å²) in [4.78, 5) is 0. The summed E-state index contributed by atoms with van der Waals surface area (Å²) >= 11 is 0. The molecular formula is C11H20F3NO. The average molecular weight is 239 g/mol. The van der Waals surface area contributed by atoms with Gasteiger partial charge in [-0.05, 0) is 45.6 Å². The summed E-state index contributed by atoms with van der Waals surface area (Å²) in [7, 11) is 3.00. The molecule has 0 amide bonds. The fraction of sp³-hybridized carbons (Fsp3) is 1.00. The molecule has 1 atom stereocenters. The second-order valence-corrected chi connectivity index (χ2v) is 4.61. The molecule has 0 aromatic carbocycles. The molecule has 0 bridgehead atoms. The molecular weight excluding hydrogens is 219 g/mol. The maximum absolute atomic E-state index is 12.9. The van der Waals surface area contributed by atoms with Gasteiger partial charge in [-0.2, -0.15) is 13.2 Å².